The summed E-state index contributed by atoms with van der Waals surface area (Å²) in [5.74, 6) is -0.558. The van der Waals surface area contributed by atoms with Crippen molar-refractivity contribution in [3.05, 3.63) is 0 Å². The van der Waals surface area contributed by atoms with Crippen molar-refractivity contribution in [2.75, 3.05) is 39.6 Å². The van der Waals surface area contributed by atoms with Crippen LogP contribution >= 0.6 is 15.6 Å². The molecule has 0 rings (SSSR count). The van der Waals surface area contributed by atoms with Crippen molar-refractivity contribution >= 4 is 39.5 Å². The highest BCUT2D eigenvalue weighted by atomic mass is 31.2. The Morgan fingerprint density at radius 1 is 0.264 bits per heavy atom. The van der Waals surface area contributed by atoms with Gasteiger partial charge in [0, 0.05) is 25.7 Å². The molecule has 0 amide bonds. The van der Waals surface area contributed by atoms with Gasteiger partial charge in [0.05, 0.1) is 26.4 Å². The molecule has 0 saturated heterocycles. The second-order valence-electron chi connectivity index (χ2n) is 31.8. The van der Waals surface area contributed by atoms with E-state index in [1.807, 2.05) is 0 Å². The molecule has 0 aromatic rings. The van der Waals surface area contributed by atoms with Crippen LogP contribution in [-0.2, 0) is 65.4 Å². The maximum absolute atomic E-state index is 13.2. The summed E-state index contributed by atoms with van der Waals surface area (Å²) in [6.45, 7) is 9.66. The van der Waals surface area contributed by atoms with E-state index in [9.17, 15) is 43.2 Å². The van der Waals surface area contributed by atoms with E-state index in [1.165, 1.54) is 283 Å². The van der Waals surface area contributed by atoms with Crippen LogP contribution in [0.15, 0.2) is 0 Å². The van der Waals surface area contributed by atoms with Gasteiger partial charge in [-0.2, -0.15) is 0 Å². The van der Waals surface area contributed by atoms with Gasteiger partial charge in [-0.3, -0.25) is 37.3 Å². The van der Waals surface area contributed by atoms with E-state index in [4.69, 9.17) is 37.0 Å². The van der Waals surface area contributed by atoms with Gasteiger partial charge in [-0.15, -0.1) is 0 Å². The molecule has 106 heavy (non-hydrogen) atoms. The number of rotatable bonds is 86. The minimum absolute atomic E-state index is 0.105. The summed E-state index contributed by atoms with van der Waals surface area (Å²) in [5, 5.41) is 10.7. The molecule has 17 nitrogen and oxygen atoms in total. The van der Waals surface area contributed by atoms with Crippen molar-refractivity contribution in [3.63, 3.8) is 0 Å². The Morgan fingerprint density at radius 2 is 0.453 bits per heavy atom. The van der Waals surface area contributed by atoms with Gasteiger partial charge >= 0.3 is 39.5 Å². The minimum Gasteiger partial charge on any atom is -0.462 e. The van der Waals surface area contributed by atoms with Crippen molar-refractivity contribution < 1.29 is 80.2 Å². The molecule has 0 saturated carbocycles. The zero-order chi connectivity index (χ0) is 77.8. The van der Waals surface area contributed by atoms with Gasteiger partial charge in [0.2, 0.25) is 0 Å². The number of unbranched alkanes of at least 4 members (excludes halogenated alkanes) is 54. The van der Waals surface area contributed by atoms with Gasteiger partial charge in [-0.1, -0.05) is 414 Å². The van der Waals surface area contributed by atoms with Gasteiger partial charge in [-0.05, 0) is 37.5 Å². The summed E-state index contributed by atoms with van der Waals surface area (Å²) in [4.78, 5) is 73.2. The summed E-state index contributed by atoms with van der Waals surface area (Å²) in [5.41, 5.74) is 0. The number of carbonyl (C=O) groups excluding carboxylic acids is 4. The van der Waals surface area contributed by atoms with Crippen LogP contribution in [0, 0.1) is 11.8 Å². The number of ether oxygens (including phenoxy) is 4. The molecular formula is C87H170O17P2. The molecule has 7 atom stereocenters. The SMILES string of the molecule is CCCCCCCCCCCCCCCCCCCCCCCC(=O)OC[C@H](COP(=O)(O)OC[C@@H](O)COP(=O)(O)OC[C@@H](COC(=O)CCCCCCCCCCC(C)CC)OC(=O)CCCCCCCCCCC(C)CC)OC(=O)CCCCCCCCCCCCCCCCCCCCCCC. The van der Waals surface area contributed by atoms with Crippen molar-refractivity contribution in [3.8, 4) is 0 Å². The number of phosphoric ester groups is 2. The van der Waals surface area contributed by atoms with Crippen molar-refractivity contribution in [2.45, 2.75) is 484 Å². The van der Waals surface area contributed by atoms with Gasteiger partial charge in [0.15, 0.2) is 12.2 Å². The second-order valence-corrected chi connectivity index (χ2v) is 34.7. The zero-order valence-electron chi connectivity index (χ0n) is 69.7. The Bertz CT molecular complexity index is 2030. The molecule has 3 N–H and O–H groups in total. The summed E-state index contributed by atoms with van der Waals surface area (Å²) in [6.07, 6.45) is 71.0. The number of hydrogen-bond donors (Lipinski definition) is 3. The molecule has 0 aliphatic rings. The monoisotopic (exact) mass is 1550 g/mol. The lowest BCUT2D eigenvalue weighted by atomic mass is 9.99. The highest BCUT2D eigenvalue weighted by Crippen LogP contribution is 2.45. The summed E-state index contributed by atoms with van der Waals surface area (Å²) < 4.78 is 68.9. The van der Waals surface area contributed by atoms with Crippen molar-refractivity contribution in [2.24, 2.45) is 11.8 Å². The van der Waals surface area contributed by atoms with E-state index in [2.05, 4.69) is 41.5 Å². The lowest BCUT2D eigenvalue weighted by Crippen LogP contribution is -2.30. The third-order valence-electron chi connectivity index (χ3n) is 21.2. The highest BCUT2D eigenvalue weighted by molar-refractivity contribution is 7.47. The molecule has 0 spiro atoms. The predicted molar refractivity (Wildman–Crippen MR) is 437 cm³/mol. The Labute approximate surface area is 651 Å². The lowest BCUT2D eigenvalue weighted by Gasteiger charge is -2.21. The molecule has 0 aliphatic carbocycles. The third kappa shape index (κ3) is 77.4. The van der Waals surface area contributed by atoms with Crippen molar-refractivity contribution in [1.29, 1.82) is 0 Å². The van der Waals surface area contributed by atoms with E-state index >= 15 is 0 Å². The predicted octanol–water partition coefficient (Wildman–Crippen LogP) is 26.6. The Morgan fingerprint density at radius 3 is 0.670 bits per heavy atom. The molecule has 630 valence electrons. The van der Waals surface area contributed by atoms with Gasteiger partial charge in [0.1, 0.15) is 19.3 Å². The first-order valence-electron chi connectivity index (χ1n) is 45.1. The number of aliphatic hydroxyl groups is 1. The first kappa shape index (κ1) is 104. The van der Waals surface area contributed by atoms with Crippen LogP contribution < -0.4 is 0 Å². The summed E-state index contributed by atoms with van der Waals surface area (Å²) in [7, 11) is -9.93. The fourth-order valence-corrected chi connectivity index (χ4v) is 15.1. The van der Waals surface area contributed by atoms with Crippen molar-refractivity contribution in [1.82, 2.24) is 0 Å². The number of phosphoric acid groups is 2. The standard InChI is InChI=1S/C87H170O17P2/c1-7-11-13-15-17-19-21-23-25-27-29-31-33-35-37-39-41-43-51-57-63-69-84(89)97-75-82(103-86(91)71-65-59-53-44-42-40-38-36-34-32-30-28-26-24-22-20-18-16-14-12-8-2)77-101-105(93,94)99-73-81(88)74-100-106(95,96)102-78-83(104-87(92)72-66-60-54-48-46-50-56-62-68-80(6)10-4)76-98-85(90)70-64-58-52-47-45-49-55-61-67-79(5)9-3/h79-83,88H,7-78H2,1-6H3,(H,93,94)(H,95,96)/t79?,80?,81-,82-,83-/m1/s1. The second kappa shape index (κ2) is 78.3. The Kier molecular flexibility index (Phi) is 76.9. The maximum Gasteiger partial charge on any atom is 0.472 e. The van der Waals surface area contributed by atoms with E-state index < -0.39 is 97.5 Å². The smallest absolute Gasteiger partial charge is 0.462 e. The van der Waals surface area contributed by atoms with Gasteiger partial charge < -0.3 is 33.8 Å². The van der Waals surface area contributed by atoms with Gasteiger partial charge in [-0.25, -0.2) is 9.13 Å². The molecule has 0 heterocycles. The van der Waals surface area contributed by atoms with E-state index in [0.717, 1.165) is 102 Å². The summed E-state index contributed by atoms with van der Waals surface area (Å²) >= 11 is 0. The molecule has 19 heteroatoms. The van der Waals surface area contributed by atoms with E-state index in [-0.39, 0.29) is 25.7 Å². The zero-order valence-corrected chi connectivity index (χ0v) is 71.5. The lowest BCUT2D eigenvalue weighted by molar-refractivity contribution is -0.161. The average Bonchev–Trinajstić information content (AvgIpc) is 0.909. The van der Waals surface area contributed by atoms with Crippen LogP contribution in [0.1, 0.15) is 465 Å². The molecule has 0 aromatic heterocycles. The number of esters is 4. The summed E-state index contributed by atoms with van der Waals surface area (Å²) in [6, 6.07) is 0. The molecule has 0 aliphatic heterocycles. The molecule has 0 radical (unpaired) electrons. The molecule has 0 aromatic carbocycles. The number of aliphatic hydroxyl groups excluding tert-OH is 1. The van der Waals surface area contributed by atoms with Crippen LogP contribution in [-0.4, -0.2) is 96.7 Å². The van der Waals surface area contributed by atoms with Gasteiger partial charge in [0.25, 0.3) is 0 Å². The molecule has 4 unspecified atom stereocenters. The van der Waals surface area contributed by atoms with Crippen LogP contribution in [0.3, 0.4) is 0 Å². The quantitative estimate of drug-likeness (QED) is 0.0222. The fourth-order valence-electron chi connectivity index (χ4n) is 13.5. The van der Waals surface area contributed by atoms with Crippen LogP contribution in [0.25, 0.3) is 0 Å². The van der Waals surface area contributed by atoms with E-state index in [1.54, 1.807) is 0 Å². The Hall–Kier alpha value is -1.94. The van der Waals surface area contributed by atoms with Crippen LogP contribution in [0.5, 0.6) is 0 Å². The Balaban J connectivity index is 5.22. The highest BCUT2D eigenvalue weighted by Gasteiger charge is 2.30. The molecular weight excluding hydrogens is 1380 g/mol. The molecule has 0 bridgehead atoms. The first-order valence-corrected chi connectivity index (χ1v) is 48.1. The van der Waals surface area contributed by atoms with Crippen LogP contribution in [0.4, 0.5) is 0 Å². The topological polar surface area (TPSA) is 237 Å². The maximum atomic E-state index is 13.2. The first-order chi connectivity index (χ1) is 51.4. The largest absolute Gasteiger partial charge is 0.472 e. The van der Waals surface area contributed by atoms with E-state index in [0.29, 0.717) is 25.7 Å². The van der Waals surface area contributed by atoms with Crippen LogP contribution in [0.2, 0.25) is 0 Å². The third-order valence-corrected chi connectivity index (χ3v) is 23.1. The fraction of sp³-hybridized carbons (Fsp3) is 0.954. The number of carbonyl (C=O) groups is 4. The average molecular weight is 1550 g/mol. The minimum atomic E-state index is -4.97. The molecule has 0 fully saturated rings. The normalized spacial score (nSPS) is 14.3. The number of hydrogen-bond acceptors (Lipinski definition) is 15.